The SMILES string of the molecule is CC[C@H](C)C(=O)O[C@@H](C=C1C=C(C)C2=NCC[C@H]3O[C@@]123)[C@@H](C)OC(C)=O. The van der Waals surface area contributed by atoms with E-state index in [1.807, 2.05) is 32.9 Å². The summed E-state index contributed by atoms with van der Waals surface area (Å²) in [4.78, 5) is 28.3. The minimum atomic E-state index is -0.667. The Morgan fingerprint density at radius 3 is 2.81 bits per heavy atom. The molecule has 3 rings (SSSR count). The summed E-state index contributed by atoms with van der Waals surface area (Å²) in [6, 6.07) is 0. The lowest BCUT2D eigenvalue weighted by molar-refractivity contribution is -0.164. The standard InChI is InChI=1S/C20H27NO5/c1-6-11(2)19(23)25-16(13(4)24-14(5)22)10-15-9-12(3)18-20(15)17(26-20)7-8-21-18/h9-11,13,16-17H,6-8H2,1-5H3/t11-,13+,16-,17+,20+/m0/s1. The van der Waals surface area contributed by atoms with E-state index in [1.165, 1.54) is 6.92 Å². The molecule has 142 valence electrons. The monoisotopic (exact) mass is 361 g/mol. The molecule has 1 spiro atoms. The zero-order valence-corrected chi connectivity index (χ0v) is 16.1. The van der Waals surface area contributed by atoms with Crippen molar-refractivity contribution in [2.24, 2.45) is 10.9 Å². The Morgan fingerprint density at radius 2 is 2.15 bits per heavy atom. The molecule has 0 unspecified atom stereocenters. The molecule has 6 nitrogen and oxygen atoms in total. The van der Waals surface area contributed by atoms with Crippen molar-refractivity contribution >= 4 is 17.7 Å². The summed E-state index contributed by atoms with van der Waals surface area (Å²) in [5.41, 5.74) is 2.51. The van der Waals surface area contributed by atoms with Crippen LogP contribution in [0.2, 0.25) is 0 Å². The van der Waals surface area contributed by atoms with E-state index in [4.69, 9.17) is 14.2 Å². The molecule has 2 heterocycles. The average Bonchev–Trinajstić information content (AvgIpc) is 3.28. The van der Waals surface area contributed by atoms with Gasteiger partial charge < -0.3 is 14.2 Å². The number of carbonyl (C=O) groups excluding carboxylic acids is 2. The van der Waals surface area contributed by atoms with Gasteiger partial charge >= 0.3 is 11.9 Å². The quantitative estimate of drug-likeness (QED) is 0.537. The Labute approximate surface area is 154 Å². The smallest absolute Gasteiger partial charge is 0.309 e. The number of epoxide rings is 1. The van der Waals surface area contributed by atoms with Crippen LogP contribution < -0.4 is 0 Å². The molecule has 26 heavy (non-hydrogen) atoms. The minimum Gasteiger partial charge on any atom is -0.459 e. The fourth-order valence-electron chi connectivity index (χ4n) is 3.65. The van der Waals surface area contributed by atoms with E-state index in [0.717, 1.165) is 29.8 Å². The molecular weight excluding hydrogens is 334 g/mol. The predicted molar refractivity (Wildman–Crippen MR) is 96.9 cm³/mol. The van der Waals surface area contributed by atoms with Gasteiger partial charge in [0.05, 0.1) is 11.6 Å². The third kappa shape index (κ3) is 3.22. The van der Waals surface area contributed by atoms with Crippen molar-refractivity contribution in [2.75, 3.05) is 6.54 Å². The van der Waals surface area contributed by atoms with Gasteiger partial charge in [0.2, 0.25) is 0 Å². The van der Waals surface area contributed by atoms with Crippen LogP contribution in [0.15, 0.2) is 28.3 Å². The van der Waals surface area contributed by atoms with Crippen molar-refractivity contribution < 1.29 is 23.8 Å². The third-order valence-corrected chi connectivity index (χ3v) is 5.34. The Balaban J connectivity index is 1.88. The zero-order valence-electron chi connectivity index (χ0n) is 16.1. The topological polar surface area (TPSA) is 77.5 Å². The number of nitrogens with zero attached hydrogens (tertiary/aromatic N) is 1. The summed E-state index contributed by atoms with van der Waals surface area (Å²) >= 11 is 0. The molecule has 0 aromatic heterocycles. The van der Waals surface area contributed by atoms with Crippen LogP contribution in [-0.4, -0.2) is 48.1 Å². The summed E-state index contributed by atoms with van der Waals surface area (Å²) in [5, 5.41) is 0. The van der Waals surface area contributed by atoms with Crippen molar-refractivity contribution in [3.8, 4) is 0 Å². The molecular formula is C20H27NO5. The Bertz CT molecular complexity index is 707. The van der Waals surface area contributed by atoms with Gasteiger partial charge in [-0.1, -0.05) is 19.9 Å². The molecule has 1 fully saturated rings. The van der Waals surface area contributed by atoms with Crippen LogP contribution in [0.25, 0.3) is 0 Å². The van der Waals surface area contributed by atoms with Crippen molar-refractivity contribution in [2.45, 2.75) is 71.4 Å². The summed E-state index contributed by atoms with van der Waals surface area (Å²) in [6.07, 6.45) is 4.36. The van der Waals surface area contributed by atoms with E-state index in [0.29, 0.717) is 6.42 Å². The molecule has 0 amide bonds. The van der Waals surface area contributed by atoms with E-state index >= 15 is 0 Å². The van der Waals surface area contributed by atoms with Crippen LogP contribution in [0.5, 0.6) is 0 Å². The molecule has 1 saturated heterocycles. The number of carbonyl (C=O) groups is 2. The number of aliphatic imine (C=N–C) groups is 1. The van der Waals surface area contributed by atoms with E-state index in [2.05, 4.69) is 4.99 Å². The molecule has 2 aliphatic heterocycles. The van der Waals surface area contributed by atoms with Gasteiger partial charge in [-0.15, -0.1) is 0 Å². The molecule has 3 aliphatic rings. The van der Waals surface area contributed by atoms with Gasteiger partial charge in [0.1, 0.15) is 12.2 Å². The largest absolute Gasteiger partial charge is 0.459 e. The molecule has 0 aromatic rings. The van der Waals surface area contributed by atoms with Gasteiger partial charge in [0, 0.05) is 13.5 Å². The molecule has 6 heteroatoms. The first-order chi connectivity index (χ1) is 12.3. The van der Waals surface area contributed by atoms with Crippen molar-refractivity contribution in [1.29, 1.82) is 0 Å². The summed E-state index contributed by atoms with van der Waals surface area (Å²) in [7, 11) is 0. The second-order valence-corrected chi connectivity index (χ2v) is 7.34. The van der Waals surface area contributed by atoms with Crippen LogP contribution in [-0.2, 0) is 23.8 Å². The minimum absolute atomic E-state index is 0.130. The van der Waals surface area contributed by atoms with E-state index in [-0.39, 0.29) is 18.0 Å². The van der Waals surface area contributed by atoms with Gasteiger partial charge in [0.15, 0.2) is 11.7 Å². The first kappa shape index (κ1) is 18.8. The second-order valence-electron chi connectivity index (χ2n) is 7.34. The highest BCUT2D eigenvalue weighted by atomic mass is 16.6. The summed E-state index contributed by atoms with van der Waals surface area (Å²) in [5.74, 6) is -0.913. The maximum absolute atomic E-state index is 12.3. The van der Waals surface area contributed by atoms with Crippen LogP contribution in [0.1, 0.15) is 47.5 Å². The normalized spacial score (nSPS) is 31.1. The summed E-state index contributed by atoms with van der Waals surface area (Å²) < 4.78 is 17.0. The first-order valence-electron chi connectivity index (χ1n) is 9.31. The number of rotatable bonds is 6. The fraction of sp³-hybridized carbons (Fsp3) is 0.650. The first-order valence-corrected chi connectivity index (χ1v) is 9.31. The fourth-order valence-corrected chi connectivity index (χ4v) is 3.65. The molecule has 0 aromatic carbocycles. The van der Waals surface area contributed by atoms with Crippen LogP contribution in [0.4, 0.5) is 0 Å². The highest BCUT2D eigenvalue weighted by Crippen LogP contribution is 2.54. The Morgan fingerprint density at radius 1 is 1.42 bits per heavy atom. The van der Waals surface area contributed by atoms with Crippen molar-refractivity contribution in [3.05, 3.63) is 23.3 Å². The van der Waals surface area contributed by atoms with Gasteiger partial charge in [-0.2, -0.15) is 0 Å². The highest BCUT2D eigenvalue weighted by molar-refractivity contribution is 6.15. The van der Waals surface area contributed by atoms with Crippen molar-refractivity contribution in [3.63, 3.8) is 0 Å². The lowest BCUT2D eigenvalue weighted by Gasteiger charge is -2.24. The average molecular weight is 361 g/mol. The zero-order chi connectivity index (χ0) is 19.1. The maximum Gasteiger partial charge on any atom is 0.309 e. The maximum atomic E-state index is 12.3. The van der Waals surface area contributed by atoms with E-state index < -0.39 is 23.8 Å². The molecule has 0 N–H and O–H groups in total. The third-order valence-electron chi connectivity index (χ3n) is 5.34. The van der Waals surface area contributed by atoms with Gasteiger partial charge in [-0.25, -0.2) is 0 Å². The van der Waals surface area contributed by atoms with Crippen LogP contribution in [0.3, 0.4) is 0 Å². The second kappa shape index (κ2) is 6.99. The summed E-state index contributed by atoms with van der Waals surface area (Å²) in [6.45, 7) is 9.63. The van der Waals surface area contributed by atoms with Gasteiger partial charge in [0.25, 0.3) is 0 Å². The lowest BCUT2D eigenvalue weighted by atomic mass is 9.90. The number of ether oxygens (including phenoxy) is 3. The van der Waals surface area contributed by atoms with E-state index in [9.17, 15) is 9.59 Å². The number of hydrogen-bond donors (Lipinski definition) is 0. The molecule has 5 atom stereocenters. The Kier molecular flexibility index (Phi) is 5.06. The van der Waals surface area contributed by atoms with Crippen molar-refractivity contribution in [1.82, 2.24) is 0 Å². The highest BCUT2D eigenvalue weighted by Gasteiger charge is 2.65. The molecule has 1 aliphatic carbocycles. The molecule has 0 bridgehead atoms. The van der Waals surface area contributed by atoms with E-state index in [1.54, 1.807) is 6.92 Å². The molecule has 0 radical (unpaired) electrons. The number of esters is 2. The van der Waals surface area contributed by atoms with Gasteiger partial charge in [-0.3, -0.25) is 14.6 Å². The van der Waals surface area contributed by atoms with Gasteiger partial charge in [-0.05, 0) is 43.9 Å². The predicted octanol–water partition coefficient (Wildman–Crippen LogP) is 2.76. The van der Waals surface area contributed by atoms with Crippen LogP contribution >= 0.6 is 0 Å². The van der Waals surface area contributed by atoms with Crippen LogP contribution in [0, 0.1) is 5.92 Å². The molecule has 0 saturated carbocycles. The Hall–Kier alpha value is -1.95. The number of hydrogen-bond acceptors (Lipinski definition) is 6. The lowest BCUT2D eigenvalue weighted by Crippen LogP contribution is -2.35.